The van der Waals surface area contributed by atoms with Crippen molar-refractivity contribution >= 4 is 23.3 Å². The smallest absolute Gasteiger partial charge is 0.321 e. The molecule has 1 aromatic heterocycles. The van der Waals surface area contributed by atoms with Gasteiger partial charge in [-0.05, 0) is 49.1 Å². The summed E-state index contributed by atoms with van der Waals surface area (Å²) in [6, 6.07) is 11.5. The van der Waals surface area contributed by atoms with Crippen LogP contribution in [-0.2, 0) is 11.2 Å². The Morgan fingerprint density at radius 3 is 2.70 bits per heavy atom. The van der Waals surface area contributed by atoms with Gasteiger partial charge in [0, 0.05) is 36.3 Å². The summed E-state index contributed by atoms with van der Waals surface area (Å²) >= 11 is 0. The van der Waals surface area contributed by atoms with E-state index in [9.17, 15) is 9.59 Å². The van der Waals surface area contributed by atoms with Crippen molar-refractivity contribution in [2.45, 2.75) is 26.2 Å². The minimum absolute atomic E-state index is 0.0282. The van der Waals surface area contributed by atoms with Crippen molar-refractivity contribution in [3.63, 3.8) is 0 Å². The lowest BCUT2D eigenvalue weighted by molar-refractivity contribution is -0.118. The second-order valence-corrected chi connectivity index (χ2v) is 7.50. The topological polar surface area (TPSA) is 74.3 Å². The van der Waals surface area contributed by atoms with Crippen molar-refractivity contribution in [3.05, 3.63) is 54.4 Å². The summed E-state index contributed by atoms with van der Waals surface area (Å²) in [7, 11) is 0. The highest BCUT2D eigenvalue weighted by atomic mass is 16.2. The van der Waals surface area contributed by atoms with Crippen LogP contribution in [0.2, 0.25) is 0 Å². The quantitative estimate of drug-likeness (QED) is 0.872. The van der Waals surface area contributed by atoms with Gasteiger partial charge in [0.1, 0.15) is 0 Å². The Labute approximate surface area is 159 Å². The third-order valence-corrected chi connectivity index (χ3v) is 5.72. The molecule has 2 aliphatic rings. The molecule has 0 unspecified atom stereocenters. The second kappa shape index (κ2) is 7.02. The van der Waals surface area contributed by atoms with Crippen LogP contribution in [0.1, 0.15) is 25.3 Å². The lowest BCUT2D eigenvalue weighted by Gasteiger charge is -2.18. The van der Waals surface area contributed by atoms with Gasteiger partial charge in [-0.1, -0.05) is 19.1 Å². The molecule has 1 aliphatic carbocycles. The molecule has 2 N–H and O–H groups in total. The Kier molecular flexibility index (Phi) is 4.56. The molecule has 0 bridgehead atoms. The van der Waals surface area contributed by atoms with Gasteiger partial charge >= 0.3 is 6.03 Å². The minimum Gasteiger partial charge on any atom is -0.324 e. The van der Waals surface area contributed by atoms with E-state index in [-0.39, 0.29) is 23.3 Å². The zero-order valence-corrected chi connectivity index (χ0v) is 15.4. The number of carbonyl (C=O) groups is 2. The largest absolute Gasteiger partial charge is 0.324 e. The molecule has 0 radical (unpaired) electrons. The Bertz CT molecular complexity index is 837. The summed E-state index contributed by atoms with van der Waals surface area (Å²) in [5, 5.41) is 5.89. The fourth-order valence-corrected chi connectivity index (χ4v) is 3.93. The lowest BCUT2D eigenvalue weighted by Crippen LogP contribution is -2.33. The number of nitrogens with one attached hydrogen (secondary N) is 2. The van der Waals surface area contributed by atoms with Crippen molar-refractivity contribution in [2.24, 2.45) is 11.3 Å². The number of hydrogen-bond donors (Lipinski definition) is 2. The highest BCUT2D eigenvalue weighted by Crippen LogP contribution is 2.58. The van der Waals surface area contributed by atoms with Crippen LogP contribution in [0.15, 0.2) is 48.8 Å². The number of aryl methyl sites for hydroxylation is 1. The maximum absolute atomic E-state index is 12.6. The summed E-state index contributed by atoms with van der Waals surface area (Å²) in [6.07, 6.45) is 6.02. The molecule has 2 atom stereocenters. The number of nitrogens with zero attached hydrogens (tertiary/aromatic N) is 2. The fraction of sp³-hybridized carbons (Fsp3) is 0.381. The molecule has 4 rings (SSSR count). The molecule has 1 aliphatic heterocycles. The number of anilines is 2. The van der Waals surface area contributed by atoms with Crippen LogP contribution in [0.3, 0.4) is 0 Å². The minimum atomic E-state index is -0.0885. The first-order valence-corrected chi connectivity index (χ1v) is 9.45. The normalized spacial score (nSPS) is 23.3. The number of urea groups is 1. The number of rotatable bonds is 4. The Morgan fingerprint density at radius 1 is 1.19 bits per heavy atom. The van der Waals surface area contributed by atoms with Gasteiger partial charge in [-0.25, -0.2) is 4.79 Å². The molecule has 2 aromatic rings. The molecule has 6 nitrogen and oxygen atoms in total. The van der Waals surface area contributed by atoms with Crippen molar-refractivity contribution in [3.8, 4) is 0 Å². The van der Waals surface area contributed by atoms with E-state index in [0.29, 0.717) is 18.8 Å². The molecule has 140 valence electrons. The molecule has 1 saturated heterocycles. The summed E-state index contributed by atoms with van der Waals surface area (Å²) in [4.78, 5) is 30.9. The van der Waals surface area contributed by atoms with E-state index in [1.54, 1.807) is 18.5 Å². The van der Waals surface area contributed by atoms with Crippen LogP contribution in [0.25, 0.3) is 0 Å². The Hall–Kier alpha value is -2.89. The first-order chi connectivity index (χ1) is 13.1. The van der Waals surface area contributed by atoms with Crippen molar-refractivity contribution in [1.82, 2.24) is 9.88 Å². The van der Waals surface area contributed by atoms with E-state index in [1.165, 1.54) is 5.56 Å². The fourth-order valence-electron chi connectivity index (χ4n) is 3.93. The third-order valence-electron chi connectivity index (χ3n) is 5.72. The number of carbonyl (C=O) groups excluding carboxylic acids is 2. The van der Waals surface area contributed by atoms with Gasteiger partial charge in [0.05, 0.1) is 11.9 Å². The lowest BCUT2D eigenvalue weighted by atomic mass is 10.0. The summed E-state index contributed by atoms with van der Waals surface area (Å²) in [5.41, 5.74) is 2.71. The Balaban J connectivity index is 1.32. The van der Waals surface area contributed by atoms with Crippen LogP contribution in [0.5, 0.6) is 0 Å². The predicted molar refractivity (Wildman–Crippen MR) is 104 cm³/mol. The number of hydrogen-bond acceptors (Lipinski definition) is 3. The molecule has 1 saturated carbocycles. The van der Waals surface area contributed by atoms with Gasteiger partial charge in [0.2, 0.25) is 5.91 Å². The molecule has 2 fully saturated rings. The van der Waals surface area contributed by atoms with Crippen LogP contribution < -0.4 is 10.6 Å². The molecule has 1 spiro atoms. The van der Waals surface area contributed by atoms with Crippen LogP contribution in [-0.4, -0.2) is 34.9 Å². The first-order valence-electron chi connectivity index (χ1n) is 9.45. The molecular weight excluding hydrogens is 340 g/mol. The van der Waals surface area contributed by atoms with Crippen molar-refractivity contribution < 1.29 is 9.59 Å². The predicted octanol–water partition coefficient (Wildman–Crippen LogP) is 3.53. The zero-order valence-electron chi connectivity index (χ0n) is 15.4. The summed E-state index contributed by atoms with van der Waals surface area (Å²) in [6.45, 7) is 3.43. The van der Waals surface area contributed by atoms with E-state index in [4.69, 9.17) is 0 Å². The zero-order chi connectivity index (χ0) is 18.9. The molecule has 3 amide bonds. The maximum atomic E-state index is 12.6. The number of pyridine rings is 1. The van der Waals surface area contributed by atoms with Gasteiger partial charge in [-0.2, -0.15) is 0 Å². The van der Waals surface area contributed by atoms with E-state index in [0.717, 1.165) is 24.9 Å². The van der Waals surface area contributed by atoms with Gasteiger partial charge in [0.25, 0.3) is 0 Å². The van der Waals surface area contributed by atoms with E-state index in [1.807, 2.05) is 35.2 Å². The third kappa shape index (κ3) is 3.65. The maximum Gasteiger partial charge on any atom is 0.321 e. The number of benzene rings is 1. The first kappa shape index (κ1) is 17.5. The van der Waals surface area contributed by atoms with Gasteiger partial charge < -0.3 is 15.5 Å². The SMILES string of the molecule is CCc1ccc(NC(=O)N2CC[C@]3(C[C@H]3C(=O)Nc3cccnc3)C2)cc1. The van der Waals surface area contributed by atoms with Crippen LogP contribution >= 0.6 is 0 Å². The van der Waals surface area contributed by atoms with E-state index in [2.05, 4.69) is 22.5 Å². The monoisotopic (exact) mass is 364 g/mol. The van der Waals surface area contributed by atoms with Crippen LogP contribution in [0.4, 0.5) is 16.2 Å². The average molecular weight is 364 g/mol. The summed E-state index contributed by atoms with van der Waals surface area (Å²) in [5.74, 6) is -0.000226. The molecule has 1 aromatic carbocycles. The Morgan fingerprint density at radius 2 is 2.00 bits per heavy atom. The van der Waals surface area contributed by atoms with Crippen molar-refractivity contribution in [2.75, 3.05) is 23.7 Å². The van der Waals surface area contributed by atoms with Gasteiger partial charge in [-0.15, -0.1) is 0 Å². The number of aromatic nitrogens is 1. The average Bonchev–Trinajstić information content (AvgIpc) is 3.23. The van der Waals surface area contributed by atoms with E-state index < -0.39 is 0 Å². The van der Waals surface area contributed by atoms with E-state index >= 15 is 0 Å². The number of likely N-dealkylation sites (tertiary alicyclic amines) is 1. The van der Waals surface area contributed by atoms with Crippen molar-refractivity contribution in [1.29, 1.82) is 0 Å². The number of amides is 3. The highest BCUT2D eigenvalue weighted by molar-refractivity contribution is 5.95. The van der Waals surface area contributed by atoms with Crippen LogP contribution in [0, 0.1) is 11.3 Å². The second-order valence-electron chi connectivity index (χ2n) is 7.50. The van der Waals surface area contributed by atoms with Gasteiger partial charge in [-0.3, -0.25) is 9.78 Å². The standard InChI is InChI=1S/C21H24N4O2/c1-2-15-5-7-16(8-6-15)24-20(27)25-11-9-21(14-25)12-18(21)19(26)23-17-4-3-10-22-13-17/h3-8,10,13,18H,2,9,11-12,14H2,1H3,(H,23,26)(H,24,27)/t18-,21-/m0/s1. The molecule has 6 heteroatoms. The molecular formula is C21H24N4O2. The highest BCUT2D eigenvalue weighted by Gasteiger charge is 2.61. The van der Waals surface area contributed by atoms with Gasteiger partial charge in [0.15, 0.2) is 0 Å². The molecule has 2 heterocycles. The summed E-state index contributed by atoms with van der Waals surface area (Å²) < 4.78 is 0. The molecule has 27 heavy (non-hydrogen) atoms.